The number of nitrogens with zero attached hydrogens (tertiary/aromatic N) is 2. The fourth-order valence-electron chi connectivity index (χ4n) is 1.88. The molecule has 0 spiro atoms. The van der Waals surface area contributed by atoms with Crippen LogP contribution in [0.15, 0.2) is 28.2 Å². The van der Waals surface area contributed by atoms with Gasteiger partial charge in [0.05, 0.1) is 25.9 Å². The Morgan fingerprint density at radius 2 is 1.90 bits per heavy atom. The number of benzene rings is 1. The van der Waals surface area contributed by atoms with Crippen LogP contribution in [-0.2, 0) is 0 Å². The van der Waals surface area contributed by atoms with Crippen molar-refractivity contribution in [3.63, 3.8) is 0 Å². The molecule has 0 atom stereocenters. The highest BCUT2D eigenvalue weighted by Crippen LogP contribution is 2.28. The van der Waals surface area contributed by atoms with Crippen LogP contribution in [0.4, 0.5) is 13.2 Å². The second kappa shape index (κ2) is 5.52. The van der Waals surface area contributed by atoms with E-state index in [0.717, 1.165) is 0 Å². The van der Waals surface area contributed by atoms with Crippen molar-refractivity contribution in [3.8, 4) is 11.5 Å². The molecule has 1 aliphatic rings. The van der Waals surface area contributed by atoms with E-state index in [4.69, 9.17) is 4.74 Å². The van der Waals surface area contributed by atoms with Gasteiger partial charge in [-0.3, -0.25) is 9.98 Å². The highest BCUT2D eigenvalue weighted by atomic mass is 19.4. The minimum absolute atomic E-state index is 0.0108. The maximum Gasteiger partial charge on any atom is 0.429 e. The lowest BCUT2D eigenvalue weighted by molar-refractivity contribution is -0.0599. The molecule has 108 valence electrons. The lowest BCUT2D eigenvalue weighted by Gasteiger charge is -2.12. The number of halogens is 3. The monoisotopic (exact) mass is 286 g/mol. The second-order valence-corrected chi connectivity index (χ2v) is 4.21. The number of hydrogen-bond donors (Lipinski definition) is 1. The highest BCUT2D eigenvalue weighted by Gasteiger charge is 2.37. The minimum atomic E-state index is -4.49. The van der Waals surface area contributed by atoms with Crippen molar-refractivity contribution in [2.24, 2.45) is 9.98 Å². The molecule has 0 aliphatic carbocycles. The van der Waals surface area contributed by atoms with E-state index in [-0.39, 0.29) is 30.1 Å². The molecule has 0 saturated carbocycles. The van der Waals surface area contributed by atoms with Gasteiger partial charge in [0, 0.05) is 12.0 Å². The first-order valence-electron chi connectivity index (χ1n) is 5.93. The van der Waals surface area contributed by atoms with Crippen molar-refractivity contribution in [1.82, 2.24) is 0 Å². The van der Waals surface area contributed by atoms with Gasteiger partial charge in [0.15, 0.2) is 0 Å². The van der Waals surface area contributed by atoms with Crippen molar-refractivity contribution >= 4 is 11.4 Å². The SMILES string of the molecule is COc1ccc(O)c(C2=NCCN=C(C(F)(F)F)C2)c1. The lowest BCUT2D eigenvalue weighted by Crippen LogP contribution is -2.25. The molecule has 0 radical (unpaired) electrons. The molecule has 0 fully saturated rings. The maximum atomic E-state index is 12.8. The average Bonchev–Trinajstić information content (AvgIpc) is 2.64. The molecule has 1 aliphatic heterocycles. The van der Waals surface area contributed by atoms with Gasteiger partial charge in [-0.2, -0.15) is 13.2 Å². The van der Waals surface area contributed by atoms with Crippen LogP contribution in [0.25, 0.3) is 0 Å². The van der Waals surface area contributed by atoms with Gasteiger partial charge in [-0.1, -0.05) is 0 Å². The van der Waals surface area contributed by atoms with Crippen LogP contribution in [0.2, 0.25) is 0 Å². The standard InChI is InChI=1S/C13H13F3N2O2/c1-20-8-2-3-11(19)9(6-8)10-7-12(13(14,15)16)18-5-4-17-10/h2-3,6,19H,4-5,7H2,1H3. The third kappa shape index (κ3) is 3.09. The molecule has 1 aromatic rings. The summed E-state index contributed by atoms with van der Waals surface area (Å²) in [4.78, 5) is 7.59. The number of phenols is 1. The Bertz CT molecular complexity index is 565. The summed E-state index contributed by atoms with van der Waals surface area (Å²) in [6.45, 7) is 0.147. The largest absolute Gasteiger partial charge is 0.507 e. The van der Waals surface area contributed by atoms with Gasteiger partial charge >= 0.3 is 6.18 Å². The van der Waals surface area contributed by atoms with Crippen LogP contribution < -0.4 is 4.74 Å². The maximum absolute atomic E-state index is 12.8. The predicted octanol–water partition coefficient (Wildman–Crippen LogP) is 2.60. The van der Waals surface area contributed by atoms with Gasteiger partial charge in [-0.25, -0.2) is 0 Å². The molecule has 2 rings (SSSR count). The van der Waals surface area contributed by atoms with Crippen LogP contribution in [0.5, 0.6) is 11.5 Å². The smallest absolute Gasteiger partial charge is 0.429 e. The topological polar surface area (TPSA) is 54.2 Å². The van der Waals surface area contributed by atoms with Crippen LogP contribution >= 0.6 is 0 Å². The van der Waals surface area contributed by atoms with Crippen molar-refractivity contribution in [2.45, 2.75) is 12.6 Å². The van der Waals surface area contributed by atoms with E-state index in [1.54, 1.807) is 0 Å². The van der Waals surface area contributed by atoms with Crippen LogP contribution in [0.3, 0.4) is 0 Å². The highest BCUT2D eigenvalue weighted by molar-refractivity contribution is 6.15. The molecule has 0 aromatic heterocycles. The van der Waals surface area contributed by atoms with E-state index in [1.807, 2.05) is 0 Å². The average molecular weight is 286 g/mol. The zero-order chi connectivity index (χ0) is 14.8. The molecule has 1 heterocycles. The molecular formula is C13H13F3N2O2. The molecular weight excluding hydrogens is 273 g/mol. The first-order valence-corrected chi connectivity index (χ1v) is 5.93. The van der Waals surface area contributed by atoms with Crippen molar-refractivity contribution in [3.05, 3.63) is 23.8 Å². The summed E-state index contributed by atoms with van der Waals surface area (Å²) in [6.07, 6.45) is -4.94. The van der Waals surface area contributed by atoms with Gasteiger partial charge in [0.2, 0.25) is 0 Å². The number of alkyl halides is 3. The summed E-state index contributed by atoms with van der Waals surface area (Å²) in [5, 5.41) is 9.81. The molecule has 0 amide bonds. The van der Waals surface area contributed by atoms with E-state index in [1.165, 1.54) is 25.3 Å². The lowest BCUT2D eigenvalue weighted by atomic mass is 10.0. The number of ether oxygens (including phenoxy) is 1. The Hall–Kier alpha value is -2.05. The fourth-order valence-corrected chi connectivity index (χ4v) is 1.88. The van der Waals surface area contributed by atoms with E-state index in [0.29, 0.717) is 5.75 Å². The Kier molecular flexibility index (Phi) is 3.96. The van der Waals surface area contributed by atoms with Crippen molar-refractivity contribution in [2.75, 3.05) is 20.2 Å². The number of aliphatic imine (C=N–C) groups is 2. The number of phenolic OH excluding ortho intramolecular Hbond substituents is 1. The third-order valence-electron chi connectivity index (χ3n) is 2.88. The predicted molar refractivity (Wildman–Crippen MR) is 69.0 cm³/mol. The van der Waals surface area contributed by atoms with E-state index < -0.39 is 18.3 Å². The molecule has 7 heteroatoms. The van der Waals surface area contributed by atoms with Crippen molar-refractivity contribution < 1.29 is 23.0 Å². The van der Waals surface area contributed by atoms with Gasteiger partial charge < -0.3 is 9.84 Å². The summed E-state index contributed by atoms with van der Waals surface area (Å²) in [5.41, 5.74) is -0.478. The molecule has 1 aromatic carbocycles. The summed E-state index contributed by atoms with van der Waals surface area (Å²) in [7, 11) is 1.44. The number of aromatic hydroxyl groups is 1. The quantitative estimate of drug-likeness (QED) is 0.908. The van der Waals surface area contributed by atoms with Crippen LogP contribution in [0, 0.1) is 0 Å². The Balaban J connectivity index is 2.37. The van der Waals surface area contributed by atoms with Gasteiger partial charge in [-0.05, 0) is 18.2 Å². The first kappa shape index (κ1) is 14.4. The third-order valence-corrected chi connectivity index (χ3v) is 2.88. The van der Waals surface area contributed by atoms with E-state index in [2.05, 4.69) is 9.98 Å². The zero-order valence-electron chi connectivity index (χ0n) is 10.7. The van der Waals surface area contributed by atoms with E-state index in [9.17, 15) is 18.3 Å². The Morgan fingerprint density at radius 3 is 2.55 bits per heavy atom. The van der Waals surface area contributed by atoms with Gasteiger partial charge in [-0.15, -0.1) is 0 Å². The first-order chi connectivity index (χ1) is 9.41. The second-order valence-electron chi connectivity index (χ2n) is 4.21. The van der Waals surface area contributed by atoms with Gasteiger partial charge in [0.1, 0.15) is 17.2 Å². The Morgan fingerprint density at radius 1 is 1.20 bits per heavy atom. The van der Waals surface area contributed by atoms with Crippen molar-refractivity contribution in [1.29, 1.82) is 0 Å². The van der Waals surface area contributed by atoms with E-state index >= 15 is 0 Å². The molecule has 0 saturated heterocycles. The number of rotatable bonds is 2. The molecule has 4 nitrogen and oxygen atoms in total. The summed E-state index contributed by atoms with van der Waals surface area (Å²) < 4.78 is 43.4. The fraction of sp³-hybridized carbons (Fsp3) is 0.385. The molecule has 1 N–H and O–H groups in total. The molecule has 0 unspecified atom stereocenters. The summed E-state index contributed by atoms with van der Waals surface area (Å²) >= 11 is 0. The van der Waals surface area contributed by atoms with Gasteiger partial charge in [0.25, 0.3) is 0 Å². The summed E-state index contributed by atoms with van der Waals surface area (Å²) in [6, 6.07) is 4.36. The Labute approximate surface area is 113 Å². The number of methoxy groups -OCH3 is 1. The van der Waals surface area contributed by atoms with Crippen LogP contribution in [-0.4, -0.2) is 42.9 Å². The normalized spacial score (nSPS) is 16.2. The van der Waals surface area contributed by atoms with Crippen LogP contribution in [0.1, 0.15) is 12.0 Å². The molecule has 0 bridgehead atoms. The zero-order valence-corrected chi connectivity index (χ0v) is 10.7. The summed E-state index contributed by atoms with van der Waals surface area (Å²) in [5.74, 6) is 0.309. The number of hydrogen-bond acceptors (Lipinski definition) is 4. The minimum Gasteiger partial charge on any atom is -0.507 e. The molecule has 20 heavy (non-hydrogen) atoms.